The van der Waals surface area contributed by atoms with Crippen LogP contribution in [0.25, 0.3) is 0 Å². The SMILES string of the molecule is COC(=O)[C@@H](NC(=O)N1C(=O)[C@@]2(c3ccccc31)[C@H](c1cccc(OCCO)c1)N1[C@H](c3ccccc3)[C@H](c3ccccc3)OC(=O)[C@H]1[C@@H]2C(=O)N1CCc2cc(OC)c(OC)cc2C1)C(C)C. The predicted octanol–water partition coefficient (Wildman–Crippen LogP) is 6.23. The van der Waals surface area contributed by atoms with Crippen LogP contribution in [0.15, 0.2) is 121 Å². The molecule has 4 heterocycles. The smallest absolute Gasteiger partial charge is 0.329 e. The number of urea groups is 1. The zero-order valence-corrected chi connectivity index (χ0v) is 38.5. The molecule has 68 heavy (non-hydrogen) atoms. The van der Waals surface area contributed by atoms with Crippen molar-refractivity contribution in [1.82, 2.24) is 15.1 Å². The molecule has 9 rings (SSSR count). The summed E-state index contributed by atoms with van der Waals surface area (Å²) in [6, 6.07) is 31.1. The van der Waals surface area contributed by atoms with E-state index < -0.39 is 77.3 Å². The van der Waals surface area contributed by atoms with E-state index in [4.69, 9.17) is 23.7 Å². The first-order valence-electron chi connectivity index (χ1n) is 22.7. The fraction of sp³-hybridized carbons (Fsp3) is 0.340. The quantitative estimate of drug-likeness (QED) is 0.135. The molecule has 0 unspecified atom stereocenters. The number of carbonyl (C=O) groups excluding carboxylic acids is 5. The molecule has 0 aromatic heterocycles. The lowest BCUT2D eigenvalue weighted by atomic mass is 9.65. The summed E-state index contributed by atoms with van der Waals surface area (Å²) in [7, 11) is 4.32. The molecule has 15 nitrogen and oxygen atoms in total. The molecule has 4 aliphatic heterocycles. The van der Waals surface area contributed by atoms with Crippen LogP contribution >= 0.6 is 0 Å². The number of amides is 4. The summed E-state index contributed by atoms with van der Waals surface area (Å²) in [5.74, 6) is -3.24. The van der Waals surface area contributed by atoms with Crippen LogP contribution in [0.3, 0.4) is 0 Å². The van der Waals surface area contributed by atoms with E-state index in [2.05, 4.69) is 5.32 Å². The second-order valence-electron chi connectivity index (χ2n) is 17.7. The molecule has 0 radical (unpaired) electrons. The van der Waals surface area contributed by atoms with E-state index in [-0.39, 0.29) is 32.0 Å². The van der Waals surface area contributed by atoms with Crippen LogP contribution in [0.5, 0.6) is 17.2 Å². The van der Waals surface area contributed by atoms with E-state index in [1.54, 1.807) is 68.3 Å². The molecule has 2 fully saturated rings. The number of aliphatic hydroxyl groups is 1. The average molecular weight is 923 g/mol. The van der Waals surface area contributed by atoms with Gasteiger partial charge in [-0.3, -0.25) is 19.3 Å². The van der Waals surface area contributed by atoms with Gasteiger partial charge in [0.1, 0.15) is 36.0 Å². The number of para-hydroxylation sites is 1. The lowest BCUT2D eigenvalue weighted by molar-refractivity contribution is -0.179. The number of cyclic esters (lactones) is 1. The van der Waals surface area contributed by atoms with Crippen molar-refractivity contribution in [1.29, 1.82) is 0 Å². The number of imide groups is 1. The fourth-order valence-electron chi connectivity index (χ4n) is 10.9. The number of hydrogen-bond acceptors (Lipinski definition) is 12. The molecule has 0 aliphatic carbocycles. The number of carbonyl (C=O) groups is 5. The Balaban J connectivity index is 1.32. The highest BCUT2D eigenvalue weighted by atomic mass is 16.6. The molecule has 4 amide bonds. The zero-order chi connectivity index (χ0) is 47.9. The lowest BCUT2D eigenvalue weighted by Gasteiger charge is -2.46. The monoisotopic (exact) mass is 922 g/mol. The first-order valence-corrected chi connectivity index (χ1v) is 22.7. The minimum Gasteiger partial charge on any atom is -0.493 e. The standard InChI is InChI=1S/C53H54N4O11/c1-31(2)43(49(60)66-5)54-52(63)56-39-22-13-12-21-38(39)53(51(56)62)42(48(59)55-24-23-34-28-40(64-3)41(65-4)29-36(34)30-55)45-50(61)68-46(33-17-10-7-11-18-33)44(32-15-8-6-9-16-32)57(45)47(53)35-19-14-20-37(27-35)67-26-25-58/h6-22,27-29,31,42-47,58H,23-26,30H2,1-5H3,(H,54,63)/t42-,43+,44-,45-,46+,47+,53-/m1/s1. The average Bonchev–Trinajstić information content (AvgIpc) is 3.83. The van der Waals surface area contributed by atoms with Crippen LogP contribution in [-0.2, 0) is 47.0 Å². The Kier molecular flexibility index (Phi) is 12.7. The van der Waals surface area contributed by atoms with Crippen molar-refractivity contribution in [3.63, 3.8) is 0 Å². The molecular formula is C53H54N4O11. The van der Waals surface area contributed by atoms with E-state index >= 15 is 14.4 Å². The van der Waals surface area contributed by atoms with Gasteiger partial charge in [0.05, 0.1) is 51.6 Å². The largest absolute Gasteiger partial charge is 0.493 e. The summed E-state index contributed by atoms with van der Waals surface area (Å²) < 4.78 is 29.0. The topological polar surface area (TPSA) is 173 Å². The number of nitrogens with zero attached hydrogens (tertiary/aromatic N) is 3. The van der Waals surface area contributed by atoms with E-state index in [0.29, 0.717) is 40.4 Å². The molecule has 0 saturated carbocycles. The van der Waals surface area contributed by atoms with Crippen LogP contribution in [-0.4, -0.2) is 97.9 Å². The van der Waals surface area contributed by atoms with Gasteiger partial charge >= 0.3 is 18.0 Å². The Morgan fingerprint density at radius 3 is 2.10 bits per heavy atom. The van der Waals surface area contributed by atoms with Gasteiger partial charge in [-0.2, -0.15) is 0 Å². The summed E-state index contributed by atoms with van der Waals surface area (Å²) in [6.45, 7) is 3.54. The number of ether oxygens (including phenoxy) is 5. The molecule has 2 N–H and O–H groups in total. The molecule has 4 aliphatic rings. The molecule has 7 atom stereocenters. The number of esters is 2. The van der Waals surface area contributed by atoms with Crippen molar-refractivity contribution in [2.75, 3.05) is 46.0 Å². The number of fused-ring (bicyclic) bond motifs is 4. The number of hydrogen-bond donors (Lipinski definition) is 2. The van der Waals surface area contributed by atoms with E-state index in [0.717, 1.165) is 21.6 Å². The minimum absolute atomic E-state index is 0.0260. The van der Waals surface area contributed by atoms with Crippen molar-refractivity contribution in [2.45, 2.75) is 62.5 Å². The van der Waals surface area contributed by atoms with Crippen LogP contribution in [0.4, 0.5) is 10.5 Å². The van der Waals surface area contributed by atoms with Crippen molar-refractivity contribution >= 4 is 35.5 Å². The van der Waals surface area contributed by atoms with Gasteiger partial charge in [0.15, 0.2) is 11.5 Å². The van der Waals surface area contributed by atoms with E-state index in [1.807, 2.05) is 83.8 Å². The molecule has 352 valence electrons. The normalized spacial score (nSPS) is 23.3. The highest BCUT2D eigenvalue weighted by Gasteiger charge is 2.76. The second kappa shape index (κ2) is 18.8. The number of benzene rings is 5. The van der Waals surface area contributed by atoms with Crippen LogP contribution in [0.1, 0.15) is 65.4 Å². The van der Waals surface area contributed by atoms with Gasteiger partial charge in [-0.15, -0.1) is 0 Å². The van der Waals surface area contributed by atoms with Gasteiger partial charge in [0.2, 0.25) is 11.8 Å². The summed E-state index contributed by atoms with van der Waals surface area (Å²) >= 11 is 0. The summed E-state index contributed by atoms with van der Waals surface area (Å²) in [5.41, 5.74) is 2.20. The van der Waals surface area contributed by atoms with E-state index in [9.17, 15) is 14.7 Å². The van der Waals surface area contributed by atoms with Crippen molar-refractivity contribution in [2.24, 2.45) is 11.8 Å². The first kappa shape index (κ1) is 45.9. The maximum atomic E-state index is 16.6. The molecule has 1 spiro atoms. The highest BCUT2D eigenvalue weighted by molar-refractivity contribution is 6.25. The van der Waals surface area contributed by atoms with Crippen molar-refractivity contribution < 1.29 is 52.8 Å². The second-order valence-corrected chi connectivity index (χ2v) is 17.7. The Hall–Kier alpha value is -7.23. The first-order chi connectivity index (χ1) is 33.0. The molecule has 5 aromatic rings. The maximum Gasteiger partial charge on any atom is 0.329 e. The van der Waals surface area contributed by atoms with Crippen LogP contribution < -0.4 is 24.4 Å². The van der Waals surface area contributed by atoms with Gasteiger partial charge in [0, 0.05) is 13.1 Å². The van der Waals surface area contributed by atoms with E-state index in [1.165, 1.54) is 14.2 Å². The third-order valence-electron chi connectivity index (χ3n) is 13.8. The fourth-order valence-corrected chi connectivity index (χ4v) is 10.9. The summed E-state index contributed by atoms with van der Waals surface area (Å²) in [6.07, 6.45) is -0.494. The Labute approximate surface area is 394 Å². The molecule has 2 saturated heterocycles. The van der Waals surface area contributed by atoms with Crippen molar-refractivity contribution in [3.05, 3.63) is 155 Å². The van der Waals surface area contributed by atoms with Crippen LogP contribution in [0.2, 0.25) is 0 Å². The summed E-state index contributed by atoms with van der Waals surface area (Å²) in [4.78, 5) is 81.1. The minimum atomic E-state index is -2.01. The number of nitrogens with one attached hydrogen (secondary N) is 1. The van der Waals surface area contributed by atoms with Gasteiger partial charge in [-0.05, 0) is 76.1 Å². The van der Waals surface area contributed by atoms with Crippen LogP contribution in [0, 0.1) is 11.8 Å². The predicted molar refractivity (Wildman–Crippen MR) is 249 cm³/mol. The number of methoxy groups -OCH3 is 3. The number of aliphatic hydroxyl groups excluding tert-OH is 1. The third kappa shape index (κ3) is 7.59. The zero-order valence-electron chi connectivity index (χ0n) is 38.5. The van der Waals surface area contributed by atoms with Crippen molar-refractivity contribution in [3.8, 4) is 17.2 Å². The number of morpholine rings is 1. The Bertz CT molecular complexity index is 2730. The number of rotatable bonds is 12. The maximum absolute atomic E-state index is 16.6. The van der Waals surface area contributed by atoms with Gasteiger partial charge in [0.25, 0.3) is 0 Å². The summed E-state index contributed by atoms with van der Waals surface area (Å²) in [5, 5.41) is 12.6. The van der Waals surface area contributed by atoms with Gasteiger partial charge in [-0.1, -0.05) is 105 Å². The highest BCUT2D eigenvalue weighted by Crippen LogP contribution is 2.66. The molecule has 5 aromatic carbocycles. The molecule has 0 bridgehead atoms. The third-order valence-corrected chi connectivity index (χ3v) is 13.8. The van der Waals surface area contributed by atoms with Gasteiger partial charge in [-0.25, -0.2) is 14.5 Å². The lowest BCUT2D eigenvalue weighted by Crippen LogP contribution is -2.58. The Morgan fingerprint density at radius 2 is 1.44 bits per heavy atom. The molecular weight excluding hydrogens is 869 g/mol. The number of anilines is 1. The Morgan fingerprint density at radius 1 is 0.794 bits per heavy atom. The van der Waals surface area contributed by atoms with Gasteiger partial charge < -0.3 is 39.0 Å². The molecule has 15 heteroatoms.